The highest BCUT2D eigenvalue weighted by atomic mass is 32.2. The van der Waals surface area contributed by atoms with Crippen molar-refractivity contribution < 1.29 is 18.3 Å². The molecule has 20 heavy (non-hydrogen) atoms. The summed E-state index contributed by atoms with van der Waals surface area (Å²) in [5.74, 6) is -1.10. The summed E-state index contributed by atoms with van der Waals surface area (Å²) in [6, 6.07) is 5.82. The molecule has 112 valence electrons. The van der Waals surface area contributed by atoms with Crippen LogP contribution in [0.1, 0.15) is 49.9 Å². The minimum atomic E-state index is -3.56. The first-order chi connectivity index (χ1) is 9.42. The topological polar surface area (TPSA) is 71.4 Å². The first-order valence-electron chi connectivity index (χ1n) is 6.97. The van der Waals surface area contributed by atoms with Gasteiger partial charge in [-0.1, -0.05) is 45.2 Å². The maximum Gasteiger partial charge on any atom is 0.337 e. The average Bonchev–Trinajstić information content (AvgIpc) is 2.43. The van der Waals surface area contributed by atoms with Crippen LogP contribution in [0.5, 0.6) is 0 Å². The molecule has 5 heteroatoms. The maximum atomic E-state index is 12.4. The molecule has 1 N–H and O–H groups in total. The van der Waals surface area contributed by atoms with Gasteiger partial charge >= 0.3 is 5.97 Å². The van der Waals surface area contributed by atoms with Gasteiger partial charge in [0, 0.05) is 0 Å². The molecule has 0 aliphatic carbocycles. The Morgan fingerprint density at radius 2 is 1.90 bits per heavy atom. The van der Waals surface area contributed by atoms with E-state index in [1.165, 1.54) is 18.2 Å². The minimum Gasteiger partial charge on any atom is -0.478 e. The molecule has 1 atom stereocenters. The number of hydrogen-bond donors (Lipinski definition) is 1. The molecule has 0 fully saturated rings. The summed E-state index contributed by atoms with van der Waals surface area (Å²) >= 11 is 0. The van der Waals surface area contributed by atoms with Crippen molar-refractivity contribution in [3.63, 3.8) is 0 Å². The SMILES string of the molecule is CCCCC(CC)CS(=O)(=O)c1ccccc1C(=O)O. The minimum absolute atomic E-state index is 0.0216. The fourth-order valence-corrected chi connectivity index (χ4v) is 4.19. The summed E-state index contributed by atoms with van der Waals surface area (Å²) in [6.45, 7) is 4.04. The van der Waals surface area contributed by atoms with Crippen molar-refractivity contribution in [1.82, 2.24) is 0 Å². The zero-order valence-corrected chi connectivity index (χ0v) is 12.8. The third-order valence-corrected chi connectivity index (χ3v) is 5.39. The highest BCUT2D eigenvalue weighted by Crippen LogP contribution is 2.23. The molecule has 0 bridgehead atoms. The monoisotopic (exact) mass is 298 g/mol. The standard InChI is InChI=1S/C15H22O4S/c1-3-5-8-12(4-2)11-20(18,19)14-10-7-6-9-13(14)15(16)17/h6-7,9-10,12H,3-5,8,11H2,1-2H3,(H,16,17). The molecule has 1 rings (SSSR count). The Morgan fingerprint density at radius 1 is 1.25 bits per heavy atom. The summed E-state index contributed by atoms with van der Waals surface area (Å²) in [5.41, 5.74) is -0.141. The highest BCUT2D eigenvalue weighted by Gasteiger charge is 2.24. The van der Waals surface area contributed by atoms with Crippen molar-refractivity contribution in [2.75, 3.05) is 5.75 Å². The number of aromatic carboxylic acids is 1. The number of hydrogen-bond acceptors (Lipinski definition) is 3. The third kappa shape index (κ3) is 4.34. The molecule has 1 aromatic rings. The van der Waals surface area contributed by atoms with Crippen LogP contribution in [0.4, 0.5) is 0 Å². The fourth-order valence-electron chi connectivity index (χ4n) is 2.21. The van der Waals surface area contributed by atoms with E-state index in [1.807, 2.05) is 6.92 Å². The largest absolute Gasteiger partial charge is 0.478 e. The normalized spacial score (nSPS) is 13.1. The average molecular weight is 298 g/mol. The predicted octanol–water partition coefficient (Wildman–Crippen LogP) is 3.37. The van der Waals surface area contributed by atoms with Crippen LogP contribution in [0.15, 0.2) is 29.2 Å². The van der Waals surface area contributed by atoms with E-state index in [0.29, 0.717) is 0 Å². The summed E-state index contributed by atoms with van der Waals surface area (Å²) < 4.78 is 24.9. The number of rotatable bonds is 8. The maximum absolute atomic E-state index is 12.4. The smallest absolute Gasteiger partial charge is 0.337 e. The van der Waals surface area contributed by atoms with Gasteiger partial charge in [-0.3, -0.25) is 0 Å². The lowest BCUT2D eigenvalue weighted by Crippen LogP contribution is -2.18. The van der Waals surface area contributed by atoms with E-state index in [4.69, 9.17) is 5.11 Å². The molecular formula is C15H22O4S. The second-order valence-electron chi connectivity index (χ2n) is 5.00. The second kappa shape index (κ2) is 7.43. The quantitative estimate of drug-likeness (QED) is 0.798. The van der Waals surface area contributed by atoms with Gasteiger partial charge in [0.1, 0.15) is 0 Å². The molecule has 1 aromatic carbocycles. The number of carboxylic acids is 1. The summed E-state index contributed by atoms with van der Waals surface area (Å²) in [7, 11) is -3.56. The molecule has 0 aliphatic heterocycles. The summed E-state index contributed by atoms with van der Waals surface area (Å²) in [4.78, 5) is 11.1. The van der Waals surface area contributed by atoms with Crippen LogP contribution in [0.3, 0.4) is 0 Å². The van der Waals surface area contributed by atoms with Crippen LogP contribution in [0.25, 0.3) is 0 Å². The second-order valence-corrected chi connectivity index (χ2v) is 7.00. The lowest BCUT2D eigenvalue weighted by atomic mass is 10.0. The van der Waals surface area contributed by atoms with Crippen molar-refractivity contribution in [2.24, 2.45) is 5.92 Å². The fraction of sp³-hybridized carbons (Fsp3) is 0.533. The van der Waals surface area contributed by atoms with Crippen LogP contribution in [0.2, 0.25) is 0 Å². The summed E-state index contributed by atoms with van der Waals surface area (Å²) in [6.07, 6.45) is 3.67. The van der Waals surface area contributed by atoms with E-state index in [2.05, 4.69) is 6.92 Å². The molecule has 4 nitrogen and oxygen atoms in total. The highest BCUT2D eigenvalue weighted by molar-refractivity contribution is 7.91. The Balaban J connectivity index is 3.02. The number of carboxylic acid groups (broad SMARTS) is 1. The van der Waals surface area contributed by atoms with Crippen LogP contribution in [-0.2, 0) is 9.84 Å². The molecule has 1 unspecified atom stereocenters. The van der Waals surface area contributed by atoms with E-state index in [1.54, 1.807) is 6.07 Å². The third-order valence-electron chi connectivity index (χ3n) is 3.45. The van der Waals surface area contributed by atoms with Gasteiger partial charge in [-0.15, -0.1) is 0 Å². The molecule has 0 radical (unpaired) electrons. The Kier molecular flexibility index (Phi) is 6.20. The van der Waals surface area contributed by atoms with E-state index >= 15 is 0 Å². The van der Waals surface area contributed by atoms with Gasteiger partial charge in [-0.25, -0.2) is 13.2 Å². The van der Waals surface area contributed by atoms with Gasteiger partial charge in [0.15, 0.2) is 9.84 Å². The van der Waals surface area contributed by atoms with Gasteiger partial charge < -0.3 is 5.11 Å². The molecule has 0 spiro atoms. The number of carbonyl (C=O) groups is 1. The Bertz CT molecular complexity index is 549. The van der Waals surface area contributed by atoms with Gasteiger partial charge in [-0.05, 0) is 24.5 Å². The van der Waals surface area contributed by atoms with Crippen molar-refractivity contribution in [1.29, 1.82) is 0 Å². The van der Waals surface area contributed by atoms with Gasteiger partial charge in [0.05, 0.1) is 16.2 Å². The zero-order chi connectivity index (χ0) is 15.2. The van der Waals surface area contributed by atoms with Crippen LogP contribution in [-0.4, -0.2) is 25.2 Å². The molecule has 0 aliphatic rings. The Labute approximate surface area is 120 Å². The van der Waals surface area contributed by atoms with Gasteiger partial charge in [0.25, 0.3) is 0 Å². The molecule has 0 amide bonds. The van der Waals surface area contributed by atoms with Crippen molar-refractivity contribution >= 4 is 15.8 Å². The zero-order valence-electron chi connectivity index (χ0n) is 12.0. The van der Waals surface area contributed by atoms with Crippen molar-refractivity contribution in [3.05, 3.63) is 29.8 Å². The van der Waals surface area contributed by atoms with Gasteiger partial charge in [-0.2, -0.15) is 0 Å². The number of benzene rings is 1. The van der Waals surface area contributed by atoms with E-state index in [0.717, 1.165) is 25.7 Å². The summed E-state index contributed by atoms with van der Waals surface area (Å²) in [5, 5.41) is 9.10. The van der Waals surface area contributed by atoms with Crippen LogP contribution >= 0.6 is 0 Å². The lowest BCUT2D eigenvalue weighted by molar-refractivity contribution is 0.0692. The Hall–Kier alpha value is -1.36. The molecule has 0 heterocycles. The van der Waals surface area contributed by atoms with Crippen molar-refractivity contribution in [3.8, 4) is 0 Å². The Morgan fingerprint density at radius 3 is 2.45 bits per heavy atom. The predicted molar refractivity (Wildman–Crippen MR) is 78.8 cm³/mol. The van der Waals surface area contributed by atoms with Crippen LogP contribution < -0.4 is 0 Å². The first-order valence-corrected chi connectivity index (χ1v) is 8.62. The molecule has 0 saturated carbocycles. The molecule has 0 saturated heterocycles. The van der Waals surface area contributed by atoms with Gasteiger partial charge in [0.2, 0.25) is 0 Å². The lowest BCUT2D eigenvalue weighted by Gasteiger charge is -2.15. The van der Waals surface area contributed by atoms with Crippen LogP contribution in [0, 0.1) is 5.92 Å². The first kappa shape index (κ1) is 16.7. The van der Waals surface area contributed by atoms with E-state index in [-0.39, 0.29) is 22.1 Å². The molecule has 0 aromatic heterocycles. The van der Waals surface area contributed by atoms with E-state index in [9.17, 15) is 13.2 Å². The number of unbranched alkanes of at least 4 members (excludes halogenated alkanes) is 1. The van der Waals surface area contributed by atoms with E-state index < -0.39 is 15.8 Å². The number of sulfone groups is 1. The van der Waals surface area contributed by atoms with Crippen molar-refractivity contribution in [2.45, 2.75) is 44.4 Å². The molecular weight excluding hydrogens is 276 g/mol.